The molecule has 110 valence electrons. The molecule has 0 aliphatic carbocycles. The number of hydrogen-bond acceptors (Lipinski definition) is 5. The second-order valence-corrected chi connectivity index (χ2v) is 6.65. The maximum atomic E-state index is 12.3. The van der Waals surface area contributed by atoms with Crippen LogP contribution in [0.4, 0.5) is 5.69 Å². The van der Waals surface area contributed by atoms with Crippen LogP contribution in [0, 0.1) is 24.0 Å². The van der Waals surface area contributed by atoms with Crippen LogP contribution < -0.4 is 10.0 Å². The topological polar surface area (TPSA) is 101 Å². The molecule has 0 unspecified atom stereocenters. The lowest BCUT2D eigenvalue weighted by atomic mass is 10.1. The number of aryl methyl sites for hydroxylation is 2. The quantitative estimate of drug-likeness (QED) is 0.634. The zero-order chi connectivity index (χ0) is 14.9. The molecule has 0 saturated carbocycles. The second kappa shape index (κ2) is 5.47. The third-order valence-corrected chi connectivity index (χ3v) is 4.99. The highest BCUT2D eigenvalue weighted by atomic mass is 32.2. The fourth-order valence-corrected chi connectivity index (χ4v) is 3.68. The predicted molar refractivity (Wildman–Crippen MR) is 74.2 cm³/mol. The number of nitro benzene ring substituents is 1. The number of benzene rings is 1. The summed E-state index contributed by atoms with van der Waals surface area (Å²) in [5.74, 6) is 0. The first kappa shape index (κ1) is 14.9. The van der Waals surface area contributed by atoms with Gasteiger partial charge in [-0.05, 0) is 44.0 Å². The van der Waals surface area contributed by atoms with Gasteiger partial charge in [-0.25, -0.2) is 13.1 Å². The zero-order valence-electron chi connectivity index (χ0n) is 11.3. The maximum Gasteiger partial charge on any atom is 0.289 e. The van der Waals surface area contributed by atoms with E-state index in [0.29, 0.717) is 24.1 Å². The van der Waals surface area contributed by atoms with Crippen molar-refractivity contribution >= 4 is 15.7 Å². The van der Waals surface area contributed by atoms with E-state index in [9.17, 15) is 18.5 Å². The number of nitro groups is 1. The molecule has 1 fully saturated rings. The lowest BCUT2D eigenvalue weighted by molar-refractivity contribution is -0.387. The van der Waals surface area contributed by atoms with Crippen molar-refractivity contribution in [1.29, 1.82) is 0 Å². The fraction of sp³-hybridized carbons (Fsp3) is 0.500. The Labute approximate surface area is 117 Å². The molecule has 2 rings (SSSR count). The molecule has 1 saturated heterocycles. The molecule has 1 aromatic rings. The van der Waals surface area contributed by atoms with Crippen LogP contribution in [0.15, 0.2) is 17.0 Å². The molecule has 1 aromatic carbocycles. The van der Waals surface area contributed by atoms with Gasteiger partial charge in [0.1, 0.15) is 0 Å². The minimum absolute atomic E-state index is 0.221. The van der Waals surface area contributed by atoms with Crippen LogP contribution in [0.5, 0.6) is 0 Å². The van der Waals surface area contributed by atoms with Gasteiger partial charge in [0, 0.05) is 18.7 Å². The van der Waals surface area contributed by atoms with Crippen LogP contribution in [0.25, 0.3) is 0 Å². The molecule has 0 bridgehead atoms. The van der Waals surface area contributed by atoms with Crippen molar-refractivity contribution in [3.8, 4) is 0 Å². The Bertz CT molecular complexity index is 636. The Morgan fingerprint density at radius 1 is 1.35 bits per heavy atom. The third-order valence-electron chi connectivity index (χ3n) is 3.44. The summed E-state index contributed by atoms with van der Waals surface area (Å²) >= 11 is 0. The van der Waals surface area contributed by atoms with E-state index in [2.05, 4.69) is 10.0 Å². The van der Waals surface area contributed by atoms with Crippen LogP contribution in [-0.4, -0.2) is 32.5 Å². The van der Waals surface area contributed by atoms with Crippen LogP contribution >= 0.6 is 0 Å². The van der Waals surface area contributed by atoms with Gasteiger partial charge in [-0.2, -0.15) is 0 Å². The predicted octanol–water partition coefficient (Wildman–Crippen LogP) is 0.852. The molecule has 2 N–H and O–H groups in total. The van der Waals surface area contributed by atoms with Crippen molar-refractivity contribution < 1.29 is 13.3 Å². The van der Waals surface area contributed by atoms with Crippen molar-refractivity contribution in [3.05, 3.63) is 33.4 Å². The van der Waals surface area contributed by atoms with E-state index in [1.165, 1.54) is 12.1 Å². The highest BCUT2D eigenvalue weighted by Crippen LogP contribution is 2.27. The van der Waals surface area contributed by atoms with Crippen molar-refractivity contribution in [2.75, 3.05) is 13.1 Å². The van der Waals surface area contributed by atoms with Gasteiger partial charge in [0.15, 0.2) is 4.90 Å². The van der Waals surface area contributed by atoms with E-state index in [4.69, 9.17) is 0 Å². The first-order chi connectivity index (χ1) is 9.31. The SMILES string of the molecule is Cc1cc([N+](=O)[O-])c(S(=O)(=O)N[C@@H]2CCNC2)cc1C. The van der Waals surface area contributed by atoms with E-state index < -0.39 is 14.9 Å². The van der Waals surface area contributed by atoms with Crippen molar-refractivity contribution in [3.63, 3.8) is 0 Å². The van der Waals surface area contributed by atoms with E-state index in [1.54, 1.807) is 13.8 Å². The lowest BCUT2D eigenvalue weighted by Gasteiger charge is -2.13. The van der Waals surface area contributed by atoms with Gasteiger partial charge in [-0.15, -0.1) is 0 Å². The highest BCUT2D eigenvalue weighted by Gasteiger charge is 2.29. The van der Waals surface area contributed by atoms with Gasteiger partial charge in [-0.3, -0.25) is 10.1 Å². The number of rotatable bonds is 4. The van der Waals surface area contributed by atoms with Crippen molar-refractivity contribution in [2.45, 2.75) is 31.2 Å². The molecule has 8 heteroatoms. The normalized spacial score (nSPS) is 19.2. The second-order valence-electron chi connectivity index (χ2n) is 4.97. The summed E-state index contributed by atoms with van der Waals surface area (Å²) in [5, 5.41) is 14.1. The summed E-state index contributed by atoms with van der Waals surface area (Å²) in [4.78, 5) is 10.1. The summed E-state index contributed by atoms with van der Waals surface area (Å²) in [6.45, 7) is 4.72. The van der Waals surface area contributed by atoms with Gasteiger partial charge in [0.2, 0.25) is 10.0 Å². The van der Waals surface area contributed by atoms with E-state index >= 15 is 0 Å². The molecule has 1 heterocycles. The van der Waals surface area contributed by atoms with Crippen LogP contribution in [0.1, 0.15) is 17.5 Å². The van der Waals surface area contributed by atoms with Gasteiger partial charge in [-0.1, -0.05) is 0 Å². The molecular formula is C12H17N3O4S. The summed E-state index contributed by atoms with van der Waals surface area (Å²) in [6.07, 6.45) is 0.678. The van der Waals surface area contributed by atoms with Gasteiger partial charge >= 0.3 is 0 Å². The smallest absolute Gasteiger partial charge is 0.289 e. The Morgan fingerprint density at radius 3 is 2.55 bits per heavy atom. The van der Waals surface area contributed by atoms with Gasteiger partial charge in [0.05, 0.1) is 4.92 Å². The number of hydrogen-bond donors (Lipinski definition) is 2. The van der Waals surface area contributed by atoms with E-state index in [1.807, 2.05) is 0 Å². The molecule has 0 amide bonds. The van der Waals surface area contributed by atoms with Crippen LogP contribution in [0.3, 0.4) is 0 Å². The van der Waals surface area contributed by atoms with Crippen molar-refractivity contribution in [2.24, 2.45) is 0 Å². The van der Waals surface area contributed by atoms with Crippen molar-refractivity contribution in [1.82, 2.24) is 10.0 Å². The summed E-state index contributed by atoms with van der Waals surface area (Å²) in [6, 6.07) is 2.44. The van der Waals surface area contributed by atoms with Gasteiger partial charge in [0.25, 0.3) is 5.69 Å². The highest BCUT2D eigenvalue weighted by molar-refractivity contribution is 7.89. The zero-order valence-corrected chi connectivity index (χ0v) is 12.2. The Hall–Kier alpha value is -1.51. The minimum Gasteiger partial charge on any atom is -0.315 e. The molecule has 0 radical (unpaired) electrons. The molecule has 7 nitrogen and oxygen atoms in total. The minimum atomic E-state index is -3.89. The Balaban J connectivity index is 2.44. The van der Waals surface area contributed by atoms with Crippen LogP contribution in [-0.2, 0) is 10.0 Å². The first-order valence-corrected chi connectivity index (χ1v) is 7.78. The molecule has 1 atom stereocenters. The monoisotopic (exact) mass is 299 g/mol. The van der Waals surface area contributed by atoms with Crippen LogP contribution in [0.2, 0.25) is 0 Å². The summed E-state index contributed by atoms with van der Waals surface area (Å²) in [7, 11) is -3.89. The molecule has 20 heavy (non-hydrogen) atoms. The van der Waals surface area contributed by atoms with Gasteiger partial charge < -0.3 is 5.32 Å². The number of sulfonamides is 1. The standard InChI is InChI=1S/C12H17N3O4S/c1-8-5-11(15(16)17)12(6-9(8)2)20(18,19)14-10-3-4-13-7-10/h5-6,10,13-14H,3-4,7H2,1-2H3/t10-/m1/s1. The lowest BCUT2D eigenvalue weighted by Crippen LogP contribution is -2.36. The summed E-state index contributed by atoms with van der Waals surface area (Å²) < 4.78 is 27.2. The first-order valence-electron chi connectivity index (χ1n) is 6.30. The third kappa shape index (κ3) is 2.97. The Morgan fingerprint density at radius 2 is 2.00 bits per heavy atom. The average molecular weight is 299 g/mol. The number of nitrogens with one attached hydrogen (secondary N) is 2. The fourth-order valence-electron chi connectivity index (χ4n) is 2.17. The molecule has 1 aliphatic heterocycles. The number of nitrogens with zero attached hydrogens (tertiary/aromatic N) is 1. The molecule has 1 aliphatic rings. The molecule has 0 spiro atoms. The van der Waals surface area contributed by atoms with E-state index in [-0.39, 0.29) is 16.6 Å². The van der Waals surface area contributed by atoms with E-state index in [0.717, 1.165) is 6.54 Å². The summed E-state index contributed by atoms with van der Waals surface area (Å²) in [5.41, 5.74) is 1.02. The molecule has 0 aromatic heterocycles. The molecular weight excluding hydrogens is 282 g/mol. The maximum absolute atomic E-state index is 12.3. The average Bonchev–Trinajstić information content (AvgIpc) is 2.83. The largest absolute Gasteiger partial charge is 0.315 e. The Kier molecular flexibility index (Phi) is 4.07.